The van der Waals surface area contributed by atoms with Crippen molar-refractivity contribution >= 4 is 22.9 Å². The Morgan fingerprint density at radius 1 is 1.06 bits per heavy atom. The number of allylic oxidation sites excluding steroid dienone is 1. The molecular weight excluding hydrogens is 416 g/mol. The summed E-state index contributed by atoms with van der Waals surface area (Å²) < 4.78 is 5.79. The Balaban J connectivity index is 1.77. The third kappa shape index (κ3) is 4.23. The summed E-state index contributed by atoms with van der Waals surface area (Å²) in [5.41, 5.74) is 6.50. The van der Waals surface area contributed by atoms with Crippen LogP contribution in [0, 0.1) is 0 Å². The van der Waals surface area contributed by atoms with E-state index in [4.69, 9.17) is 21.7 Å². The van der Waals surface area contributed by atoms with Crippen LogP contribution in [0.5, 0.6) is 0 Å². The van der Waals surface area contributed by atoms with Gasteiger partial charge in [0, 0.05) is 17.8 Å². The maximum Gasteiger partial charge on any atom is 0.258 e. The second-order valence-electron chi connectivity index (χ2n) is 7.85. The molecule has 5 nitrogen and oxygen atoms in total. The average molecular weight is 445 g/mol. The summed E-state index contributed by atoms with van der Waals surface area (Å²) in [6.07, 6.45) is 3.82. The van der Waals surface area contributed by atoms with Gasteiger partial charge < -0.3 is 14.7 Å². The van der Waals surface area contributed by atoms with Crippen molar-refractivity contribution in [2.24, 2.45) is 0 Å². The van der Waals surface area contributed by atoms with Gasteiger partial charge in [-0.15, -0.1) is 6.58 Å². The van der Waals surface area contributed by atoms with Crippen LogP contribution >= 0.6 is 12.2 Å². The van der Waals surface area contributed by atoms with Gasteiger partial charge in [-0.25, -0.2) is 0 Å². The number of aromatic nitrogens is 2. The van der Waals surface area contributed by atoms with Crippen LogP contribution in [0.15, 0.2) is 71.4 Å². The van der Waals surface area contributed by atoms with Crippen molar-refractivity contribution in [1.29, 1.82) is 0 Å². The van der Waals surface area contributed by atoms with E-state index in [1.54, 1.807) is 0 Å². The van der Waals surface area contributed by atoms with Crippen molar-refractivity contribution in [1.82, 2.24) is 20.4 Å². The van der Waals surface area contributed by atoms with Gasteiger partial charge in [0.2, 0.25) is 5.82 Å². The van der Waals surface area contributed by atoms with E-state index in [9.17, 15) is 0 Å². The zero-order chi connectivity index (χ0) is 22.7. The third-order valence-electron chi connectivity index (χ3n) is 5.91. The fraction of sp³-hybridized carbons (Fsp3) is 0.269. The van der Waals surface area contributed by atoms with E-state index in [2.05, 4.69) is 67.3 Å². The standard InChI is InChI=1S/C26H28N4OS/c1-5-16-30-17(4)22(23(27-26(30)32)20-12-8-18(6-2)9-13-20)25-28-24(29-31-25)21-14-10-19(7-3)11-15-21/h5,8-15,23H,1,6-7,16H2,2-4H3,(H,27,32). The lowest BCUT2D eigenvalue weighted by molar-refractivity contribution is 0.399. The van der Waals surface area contributed by atoms with Crippen LogP contribution in [0.4, 0.5) is 0 Å². The second kappa shape index (κ2) is 9.49. The molecule has 0 fully saturated rings. The minimum absolute atomic E-state index is 0.176. The highest BCUT2D eigenvalue weighted by molar-refractivity contribution is 7.80. The summed E-state index contributed by atoms with van der Waals surface area (Å²) in [6, 6.07) is 16.7. The second-order valence-corrected chi connectivity index (χ2v) is 8.24. The van der Waals surface area contributed by atoms with E-state index >= 15 is 0 Å². The van der Waals surface area contributed by atoms with Crippen LogP contribution in [0.2, 0.25) is 0 Å². The van der Waals surface area contributed by atoms with Crippen LogP contribution in [-0.2, 0) is 12.8 Å². The number of thiocarbonyl (C=S) groups is 1. The zero-order valence-corrected chi connectivity index (χ0v) is 19.6. The molecule has 6 heteroatoms. The molecule has 0 spiro atoms. The Bertz CT molecular complexity index is 1150. The highest BCUT2D eigenvalue weighted by Gasteiger charge is 2.33. The first kappa shape index (κ1) is 22.0. The smallest absolute Gasteiger partial charge is 0.258 e. The molecule has 3 aromatic rings. The lowest BCUT2D eigenvalue weighted by atomic mass is 9.94. The van der Waals surface area contributed by atoms with Gasteiger partial charge >= 0.3 is 0 Å². The first-order valence-electron chi connectivity index (χ1n) is 11.0. The van der Waals surface area contributed by atoms with Gasteiger partial charge in [0.15, 0.2) is 5.11 Å². The van der Waals surface area contributed by atoms with Crippen LogP contribution in [0.1, 0.15) is 49.4 Å². The van der Waals surface area contributed by atoms with Gasteiger partial charge in [0.1, 0.15) is 0 Å². The molecule has 164 valence electrons. The first-order chi connectivity index (χ1) is 15.5. The molecule has 2 heterocycles. The molecule has 4 rings (SSSR count). The minimum atomic E-state index is -0.176. The van der Waals surface area contributed by atoms with Crippen molar-refractivity contribution < 1.29 is 4.52 Å². The quantitative estimate of drug-likeness (QED) is 0.372. The molecule has 0 bridgehead atoms. The van der Waals surface area contributed by atoms with E-state index in [1.165, 1.54) is 11.1 Å². The van der Waals surface area contributed by atoms with Gasteiger partial charge in [-0.05, 0) is 48.7 Å². The summed E-state index contributed by atoms with van der Waals surface area (Å²) in [4.78, 5) is 6.78. The number of benzene rings is 2. The Morgan fingerprint density at radius 2 is 1.69 bits per heavy atom. The highest BCUT2D eigenvalue weighted by Crippen LogP contribution is 2.37. The zero-order valence-electron chi connectivity index (χ0n) is 18.8. The van der Waals surface area contributed by atoms with Crippen LogP contribution in [0.3, 0.4) is 0 Å². The van der Waals surface area contributed by atoms with Crippen molar-refractivity contribution in [3.05, 3.63) is 89.5 Å². The van der Waals surface area contributed by atoms with Gasteiger partial charge in [0.25, 0.3) is 5.89 Å². The molecule has 0 saturated heterocycles. The summed E-state index contributed by atoms with van der Waals surface area (Å²) in [7, 11) is 0. The lowest BCUT2D eigenvalue weighted by Crippen LogP contribution is -2.45. The van der Waals surface area contributed by atoms with Crippen LogP contribution in [-0.4, -0.2) is 26.7 Å². The van der Waals surface area contributed by atoms with Crippen molar-refractivity contribution in [2.75, 3.05) is 6.54 Å². The largest absolute Gasteiger partial charge is 0.351 e. The fourth-order valence-corrected chi connectivity index (χ4v) is 4.27. The van der Waals surface area contributed by atoms with Crippen molar-refractivity contribution in [2.45, 2.75) is 39.7 Å². The molecule has 1 aromatic heterocycles. The Hall–Kier alpha value is -3.25. The molecular formula is C26H28N4OS. The normalized spacial score (nSPS) is 16.3. The monoisotopic (exact) mass is 444 g/mol. The molecule has 0 saturated carbocycles. The topological polar surface area (TPSA) is 54.2 Å². The van der Waals surface area contributed by atoms with E-state index < -0.39 is 0 Å². The third-order valence-corrected chi connectivity index (χ3v) is 6.24. The molecule has 1 aliphatic rings. The van der Waals surface area contributed by atoms with Gasteiger partial charge in [-0.3, -0.25) is 0 Å². The predicted octanol–water partition coefficient (Wildman–Crippen LogP) is 5.71. The predicted molar refractivity (Wildman–Crippen MR) is 133 cm³/mol. The summed E-state index contributed by atoms with van der Waals surface area (Å²) in [5.74, 6) is 1.07. The Labute approximate surface area is 194 Å². The fourth-order valence-electron chi connectivity index (χ4n) is 3.94. The van der Waals surface area contributed by atoms with Gasteiger partial charge in [0.05, 0.1) is 11.6 Å². The SMILES string of the molecule is C=CCN1C(=S)NC(c2ccc(CC)cc2)C(c2nc(-c3ccc(CC)cc3)no2)=C1C. The van der Waals surface area contributed by atoms with E-state index in [1.807, 2.05) is 30.0 Å². The number of aryl methyl sites for hydroxylation is 2. The number of nitrogens with zero attached hydrogens (tertiary/aromatic N) is 3. The van der Waals surface area contributed by atoms with Crippen LogP contribution < -0.4 is 5.32 Å². The number of hydrogen-bond acceptors (Lipinski definition) is 4. The average Bonchev–Trinajstić information content (AvgIpc) is 3.31. The number of rotatable bonds is 7. The maximum atomic E-state index is 5.79. The van der Waals surface area contributed by atoms with E-state index in [-0.39, 0.29) is 6.04 Å². The van der Waals surface area contributed by atoms with Crippen LogP contribution in [0.25, 0.3) is 17.0 Å². The minimum Gasteiger partial charge on any atom is -0.351 e. The van der Waals surface area contributed by atoms with Crippen molar-refractivity contribution in [3.8, 4) is 11.4 Å². The van der Waals surface area contributed by atoms with Gasteiger partial charge in [-0.1, -0.05) is 73.6 Å². The molecule has 2 aromatic carbocycles. The van der Waals surface area contributed by atoms with E-state index in [0.29, 0.717) is 23.4 Å². The molecule has 0 amide bonds. The summed E-state index contributed by atoms with van der Waals surface area (Å²) >= 11 is 5.67. The Kier molecular flexibility index (Phi) is 6.51. The number of nitrogens with one attached hydrogen (secondary N) is 1. The highest BCUT2D eigenvalue weighted by atomic mass is 32.1. The van der Waals surface area contributed by atoms with E-state index in [0.717, 1.165) is 35.2 Å². The Morgan fingerprint density at radius 3 is 2.28 bits per heavy atom. The molecule has 1 unspecified atom stereocenters. The number of hydrogen-bond donors (Lipinski definition) is 1. The molecule has 1 N–H and O–H groups in total. The lowest BCUT2D eigenvalue weighted by Gasteiger charge is -2.36. The molecule has 0 radical (unpaired) electrons. The molecule has 1 atom stereocenters. The molecule has 1 aliphatic heterocycles. The first-order valence-corrected chi connectivity index (χ1v) is 11.4. The van der Waals surface area contributed by atoms with Gasteiger partial charge in [-0.2, -0.15) is 4.98 Å². The summed E-state index contributed by atoms with van der Waals surface area (Å²) in [6.45, 7) is 10.8. The molecule has 0 aliphatic carbocycles. The maximum absolute atomic E-state index is 5.79. The molecule has 32 heavy (non-hydrogen) atoms. The van der Waals surface area contributed by atoms with Crippen molar-refractivity contribution in [3.63, 3.8) is 0 Å². The summed E-state index contributed by atoms with van der Waals surface area (Å²) in [5, 5.41) is 8.41.